The highest BCUT2D eigenvalue weighted by molar-refractivity contribution is 6.76. The first kappa shape index (κ1) is 17.5. The third-order valence-corrected chi connectivity index (χ3v) is 5.35. The quantitative estimate of drug-likeness (QED) is 0.752. The van der Waals surface area contributed by atoms with Crippen molar-refractivity contribution in [1.29, 1.82) is 0 Å². The van der Waals surface area contributed by atoms with Gasteiger partial charge in [-0.25, -0.2) is 9.97 Å². The molecule has 0 saturated heterocycles. The van der Waals surface area contributed by atoms with Crippen LogP contribution in [-0.4, -0.2) is 35.3 Å². The van der Waals surface area contributed by atoms with Crippen LogP contribution in [0.4, 0.5) is 0 Å². The molecule has 0 bridgehead atoms. The number of primary amides is 1. The van der Waals surface area contributed by atoms with E-state index in [1.54, 1.807) is 12.4 Å². The van der Waals surface area contributed by atoms with Crippen molar-refractivity contribution in [2.24, 2.45) is 5.73 Å². The summed E-state index contributed by atoms with van der Waals surface area (Å²) < 4.78 is 1.53. The zero-order valence-electron chi connectivity index (χ0n) is 14.4. The second-order valence-electron chi connectivity index (χ2n) is 7.01. The summed E-state index contributed by atoms with van der Waals surface area (Å²) in [7, 11) is -1.18. The molecule has 2 rings (SSSR count). The maximum atomic E-state index is 11.7. The highest BCUT2D eigenvalue weighted by Crippen LogP contribution is 2.18. The van der Waals surface area contributed by atoms with Gasteiger partial charge in [0.05, 0.1) is 23.7 Å². The first-order chi connectivity index (χ1) is 10.8. The van der Waals surface area contributed by atoms with Crippen LogP contribution in [0.15, 0.2) is 12.4 Å². The molecule has 0 fully saturated rings. The number of carbonyl (C=O) groups excluding carboxylic acids is 1. The maximum Gasteiger partial charge on any atom is 0.252 e. The lowest BCUT2D eigenvalue weighted by Crippen LogP contribution is -2.25. The van der Waals surface area contributed by atoms with Gasteiger partial charge in [0, 0.05) is 8.07 Å². The molecule has 0 aromatic carbocycles. The Kier molecular flexibility index (Phi) is 5.41. The summed E-state index contributed by atoms with van der Waals surface area (Å²) in [5, 5.41) is 0. The number of rotatable bonds is 8. The minimum atomic E-state index is -1.18. The van der Waals surface area contributed by atoms with Gasteiger partial charge in [-0.2, -0.15) is 4.73 Å². The van der Waals surface area contributed by atoms with Crippen LogP contribution in [-0.2, 0) is 6.42 Å². The van der Waals surface area contributed by atoms with Gasteiger partial charge in [0.2, 0.25) is 0 Å². The van der Waals surface area contributed by atoms with Crippen molar-refractivity contribution in [3.63, 3.8) is 0 Å². The van der Waals surface area contributed by atoms with Crippen LogP contribution in [0.1, 0.15) is 35.8 Å². The van der Waals surface area contributed by atoms with E-state index in [1.807, 2.05) is 0 Å². The minimum Gasteiger partial charge on any atom is -0.413 e. The van der Waals surface area contributed by atoms with Gasteiger partial charge >= 0.3 is 0 Å². The van der Waals surface area contributed by atoms with Crippen LogP contribution in [0.25, 0.3) is 11.2 Å². The number of hydrogen-bond donors (Lipinski definition) is 1. The molecule has 6 nitrogen and oxygen atoms in total. The Bertz CT molecular complexity index is 691. The normalized spacial score (nSPS) is 11.8. The van der Waals surface area contributed by atoms with Crippen molar-refractivity contribution in [3.8, 4) is 0 Å². The second kappa shape index (κ2) is 7.12. The van der Waals surface area contributed by atoms with Crippen LogP contribution in [0.3, 0.4) is 0 Å². The summed E-state index contributed by atoms with van der Waals surface area (Å²) in [6, 6.07) is 1.03. The van der Waals surface area contributed by atoms with Crippen LogP contribution in [0.5, 0.6) is 0 Å². The lowest BCUT2D eigenvalue weighted by atomic mass is 10.2. The van der Waals surface area contributed by atoms with Crippen LogP contribution < -0.4 is 10.6 Å². The molecule has 0 saturated carbocycles. The Balaban J connectivity index is 2.29. The van der Waals surface area contributed by atoms with Crippen LogP contribution in [0, 0.1) is 0 Å². The topological polar surface area (TPSA) is 83.0 Å². The van der Waals surface area contributed by atoms with Gasteiger partial charge < -0.3 is 10.6 Å². The predicted octanol–water partition coefficient (Wildman–Crippen LogP) is 2.64. The zero-order valence-corrected chi connectivity index (χ0v) is 15.4. The molecule has 7 heteroatoms. The summed E-state index contributed by atoms with van der Waals surface area (Å²) >= 11 is 0. The van der Waals surface area contributed by atoms with Crippen molar-refractivity contribution in [3.05, 3.63) is 23.7 Å². The number of nitrogens with two attached hydrogens (primary N) is 1. The van der Waals surface area contributed by atoms with Gasteiger partial charge in [0.1, 0.15) is 12.1 Å². The van der Waals surface area contributed by atoms with Crippen LogP contribution >= 0.6 is 0 Å². The fraction of sp³-hybridized carbons (Fsp3) is 0.562. The number of unbranched alkanes of at least 4 members (excludes halogenated alkanes) is 1. The standard InChI is InChI=1S/C16H26N4O2Si/c1-5-6-7-12-10-18-16-14(19-12)13(15(17)21)11-20(16)22-8-9-23(2,3)4/h10-11H,5-9H2,1-4H3,(H2,17,21). The lowest BCUT2D eigenvalue weighted by Gasteiger charge is -2.16. The van der Waals surface area contributed by atoms with Gasteiger partial charge in [-0.05, 0) is 18.9 Å². The Labute approximate surface area is 138 Å². The molecule has 0 spiro atoms. The second-order valence-corrected chi connectivity index (χ2v) is 12.6. The number of aryl methyl sites for hydroxylation is 1. The van der Waals surface area contributed by atoms with E-state index in [4.69, 9.17) is 10.6 Å². The molecule has 0 aliphatic carbocycles. The van der Waals surface area contributed by atoms with E-state index in [9.17, 15) is 4.79 Å². The molecule has 2 heterocycles. The third-order valence-electron chi connectivity index (χ3n) is 3.65. The van der Waals surface area contributed by atoms with E-state index < -0.39 is 14.0 Å². The van der Waals surface area contributed by atoms with E-state index in [-0.39, 0.29) is 0 Å². The highest BCUT2D eigenvalue weighted by atomic mass is 28.3. The molecule has 0 unspecified atom stereocenters. The summed E-state index contributed by atoms with van der Waals surface area (Å²) in [4.78, 5) is 26.5. The van der Waals surface area contributed by atoms with E-state index in [2.05, 4.69) is 36.5 Å². The largest absolute Gasteiger partial charge is 0.413 e. The Morgan fingerprint density at radius 2 is 2.13 bits per heavy atom. The number of nitrogens with zero attached hydrogens (tertiary/aromatic N) is 3. The van der Waals surface area contributed by atoms with Crippen molar-refractivity contribution < 1.29 is 9.63 Å². The molecule has 2 N–H and O–H groups in total. The zero-order chi connectivity index (χ0) is 17.0. The summed E-state index contributed by atoms with van der Waals surface area (Å²) in [5.74, 6) is -0.510. The Morgan fingerprint density at radius 3 is 2.74 bits per heavy atom. The molecule has 0 radical (unpaired) electrons. The number of carbonyl (C=O) groups is 1. The average molecular weight is 334 g/mol. The van der Waals surface area contributed by atoms with Gasteiger partial charge in [-0.3, -0.25) is 4.79 Å². The molecule has 0 aliphatic heterocycles. The molecule has 0 aliphatic rings. The maximum absolute atomic E-state index is 11.7. The highest BCUT2D eigenvalue weighted by Gasteiger charge is 2.18. The predicted molar refractivity (Wildman–Crippen MR) is 94.3 cm³/mol. The van der Waals surface area contributed by atoms with Gasteiger partial charge in [-0.15, -0.1) is 0 Å². The first-order valence-corrected chi connectivity index (χ1v) is 11.8. The van der Waals surface area contributed by atoms with Crippen LogP contribution in [0.2, 0.25) is 25.7 Å². The Morgan fingerprint density at radius 1 is 1.39 bits per heavy atom. The van der Waals surface area contributed by atoms with Gasteiger partial charge in [0.15, 0.2) is 5.65 Å². The molecular formula is C16H26N4O2Si. The minimum absolute atomic E-state index is 0.360. The van der Waals surface area contributed by atoms with Gasteiger partial charge in [-0.1, -0.05) is 33.0 Å². The van der Waals surface area contributed by atoms with Crippen molar-refractivity contribution in [1.82, 2.24) is 14.7 Å². The summed E-state index contributed by atoms with van der Waals surface area (Å²) in [6.45, 7) is 9.59. The van der Waals surface area contributed by atoms with E-state index in [0.29, 0.717) is 23.3 Å². The van der Waals surface area contributed by atoms with Crippen molar-refractivity contribution in [2.45, 2.75) is 51.9 Å². The van der Waals surface area contributed by atoms with Crippen molar-refractivity contribution >= 4 is 25.1 Å². The third kappa shape index (κ3) is 4.54. The SMILES string of the molecule is CCCCc1cnc2c(n1)c(C(N)=O)cn2OCC[Si](C)(C)C. The fourth-order valence-electron chi connectivity index (χ4n) is 2.21. The monoisotopic (exact) mass is 334 g/mol. The fourth-order valence-corrected chi connectivity index (χ4v) is 2.91. The van der Waals surface area contributed by atoms with E-state index >= 15 is 0 Å². The molecule has 1 amide bonds. The number of amides is 1. The molecule has 126 valence electrons. The number of fused-ring (bicyclic) bond motifs is 1. The van der Waals surface area contributed by atoms with Crippen molar-refractivity contribution in [2.75, 3.05) is 6.61 Å². The molecule has 23 heavy (non-hydrogen) atoms. The summed E-state index contributed by atoms with van der Waals surface area (Å²) in [5.41, 5.74) is 7.79. The first-order valence-electron chi connectivity index (χ1n) is 8.12. The van der Waals surface area contributed by atoms with E-state index in [0.717, 1.165) is 31.0 Å². The van der Waals surface area contributed by atoms with E-state index in [1.165, 1.54) is 4.73 Å². The molecule has 0 atom stereocenters. The van der Waals surface area contributed by atoms with Gasteiger partial charge in [0.25, 0.3) is 5.91 Å². The lowest BCUT2D eigenvalue weighted by molar-refractivity contribution is 0.0995. The number of hydrogen-bond acceptors (Lipinski definition) is 4. The molecule has 2 aromatic heterocycles. The smallest absolute Gasteiger partial charge is 0.252 e. The molecular weight excluding hydrogens is 308 g/mol. The average Bonchev–Trinajstić information content (AvgIpc) is 2.82. The number of aromatic nitrogens is 3. The molecule has 2 aromatic rings. The summed E-state index contributed by atoms with van der Waals surface area (Å²) in [6.07, 6.45) is 6.32. The Hall–Kier alpha value is -1.89.